The van der Waals surface area contributed by atoms with Crippen LogP contribution in [0.2, 0.25) is 5.04 Å². The smallest absolute Gasteiger partial charge is 0.271 e. The van der Waals surface area contributed by atoms with Crippen LogP contribution in [0.1, 0.15) is 45.3 Å². The molecule has 3 aliphatic rings. The Labute approximate surface area is 314 Å². The van der Waals surface area contributed by atoms with Gasteiger partial charge in [-0.3, -0.25) is 19.7 Å². The summed E-state index contributed by atoms with van der Waals surface area (Å²) in [5, 5.41) is 38.5. The molecule has 2 aliphatic heterocycles. The SMILES string of the molecule is CC(C)(C)[Si](OC[C@H]1C[C@@H]2C(=O)N(c3cccc([N+](=O)[O-])c3)C(=O)[C@@H]2[C@@H]2C[C@@H](c3ccc(O)c4ccccc34)O[C@]12O)(c1ccccc1)c1ccccc1. The van der Waals surface area contributed by atoms with Gasteiger partial charge in [-0.1, -0.05) is 118 Å². The number of anilines is 1. The van der Waals surface area contributed by atoms with Gasteiger partial charge in [0.15, 0.2) is 5.79 Å². The number of carbonyl (C=O) groups excluding carboxylic acids is 2. The van der Waals surface area contributed by atoms with Crippen molar-refractivity contribution in [2.24, 2.45) is 23.7 Å². The summed E-state index contributed by atoms with van der Waals surface area (Å²) in [6.45, 7) is 6.55. The van der Waals surface area contributed by atoms with Crippen LogP contribution in [-0.2, 0) is 18.8 Å². The van der Waals surface area contributed by atoms with Crippen LogP contribution < -0.4 is 15.3 Å². The molecule has 2 amide bonds. The lowest BCUT2D eigenvalue weighted by Gasteiger charge is -2.48. The van der Waals surface area contributed by atoms with Crippen molar-refractivity contribution in [1.29, 1.82) is 0 Å². The Morgan fingerprint density at radius 2 is 1.48 bits per heavy atom. The van der Waals surface area contributed by atoms with E-state index in [-0.39, 0.29) is 41.6 Å². The number of nitro groups is 1. The lowest BCUT2D eigenvalue weighted by atomic mass is 9.64. The number of benzene rings is 5. The number of nitrogens with zero attached hydrogens (tertiary/aromatic N) is 2. The summed E-state index contributed by atoms with van der Waals surface area (Å²) in [6.07, 6.45) is -0.340. The third kappa shape index (κ3) is 5.57. The molecule has 8 rings (SSSR count). The molecule has 5 aromatic carbocycles. The van der Waals surface area contributed by atoms with E-state index >= 15 is 0 Å². The first-order valence-electron chi connectivity index (χ1n) is 18.3. The van der Waals surface area contributed by atoms with Crippen molar-refractivity contribution in [2.75, 3.05) is 11.5 Å². The van der Waals surface area contributed by atoms with Gasteiger partial charge in [0.05, 0.1) is 28.6 Å². The molecule has 11 heteroatoms. The fraction of sp³-hybridized carbons (Fsp3) is 0.302. The van der Waals surface area contributed by atoms with Gasteiger partial charge in [-0.25, -0.2) is 4.90 Å². The number of amides is 2. The number of aromatic hydroxyl groups is 1. The van der Waals surface area contributed by atoms with Gasteiger partial charge in [-0.2, -0.15) is 0 Å². The van der Waals surface area contributed by atoms with E-state index in [1.54, 1.807) is 12.1 Å². The largest absolute Gasteiger partial charge is 0.507 e. The van der Waals surface area contributed by atoms with Crippen molar-refractivity contribution in [3.63, 3.8) is 0 Å². The molecule has 54 heavy (non-hydrogen) atoms. The summed E-state index contributed by atoms with van der Waals surface area (Å²) in [5.74, 6) is -5.99. The summed E-state index contributed by atoms with van der Waals surface area (Å²) in [6, 6.07) is 36.6. The van der Waals surface area contributed by atoms with Gasteiger partial charge in [0.2, 0.25) is 11.8 Å². The fourth-order valence-corrected chi connectivity index (χ4v) is 14.0. The Kier molecular flexibility index (Phi) is 8.80. The molecule has 3 fully saturated rings. The van der Waals surface area contributed by atoms with Crippen LogP contribution in [-0.4, -0.2) is 47.7 Å². The van der Waals surface area contributed by atoms with Gasteiger partial charge in [-0.15, -0.1) is 0 Å². The number of fused-ring (bicyclic) bond motifs is 4. The maximum Gasteiger partial charge on any atom is 0.271 e. The highest BCUT2D eigenvalue weighted by atomic mass is 28.4. The van der Waals surface area contributed by atoms with Gasteiger partial charge in [0.1, 0.15) is 5.75 Å². The number of imide groups is 1. The molecule has 0 bridgehead atoms. The number of phenolic OH excluding ortho intramolecular Hbond substituents is 1. The Morgan fingerprint density at radius 1 is 0.852 bits per heavy atom. The van der Waals surface area contributed by atoms with Crippen LogP contribution in [0.25, 0.3) is 10.8 Å². The predicted octanol–water partition coefficient (Wildman–Crippen LogP) is 6.62. The maximum atomic E-state index is 14.5. The number of hydrogen-bond acceptors (Lipinski definition) is 8. The molecule has 5 aromatic rings. The van der Waals surface area contributed by atoms with Crippen molar-refractivity contribution in [3.05, 3.63) is 137 Å². The summed E-state index contributed by atoms with van der Waals surface area (Å²) in [7, 11) is -3.10. The van der Waals surface area contributed by atoms with Crippen LogP contribution >= 0.6 is 0 Å². The van der Waals surface area contributed by atoms with E-state index in [1.165, 1.54) is 24.3 Å². The molecule has 1 saturated carbocycles. The highest BCUT2D eigenvalue weighted by molar-refractivity contribution is 6.99. The van der Waals surface area contributed by atoms with Gasteiger partial charge in [-0.05, 0) is 51.3 Å². The third-order valence-electron chi connectivity index (χ3n) is 11.9. The molecule has 0 aromatic heterocycles. The zero-order chi connectivity index (χ0) is 38.0. The second-order valence-corrected chi connectivity index (χ2v) is 20.1. The minimum absolute atomic E-state index is 0.0465. The van der Waals surface area contributed by atoms with Crippen LogP contribution in [0, 0.1) is 33.8 Å². The minimum Gasteiger partial charge on any atom is -0.507 e. The van der Waals surface area contributed by atoms with Gasteiger partial charge >= 0.3 is 0 Å². The molecule has 2 heterocycles. The standard InChI is InChI=1S/C43H42N2O8Si/c1-42(2,3)54(30-15-6-4-7-16-30,31-17-8-5-9-18-31)52-26-27-23-35-39(41(48)44(40(35)47)28-13-12-14-29(24-28)45(50)51)36-25-38(53-43(27,36)49)34-21-22-37(46)33-20-11-10-19-32(33)34/h4-22,24,27,35-36,38-39,46,49H,23,25-26H2,1-3H3/t27-,35+,36+,38+,39+,43-/m1/s1. The Balaban J connectivity index is 1.23. The molecule has 10 nitrogen and oxygen atoms in total. The number of non-ortho nitro benzene ring substituents is 1. The molecule has 6 atom stereocenters. The van der Waals surface area contributed by atoms with Gasteiger partial charge < -0.3 is 19.4 Å². The van der Waals surface area contributed by atoms with Crippen molar-refractivity contribution in [1.82, 2.24) is 0 Å². The number of nitro benzene ring substituents is 1. The van der Waals surface area contributed by atoms with Crippen LogP contribution in [0.15, 0.2) is 121 Å². The fourth-order valence-electron chi connectivity index (χ4n) is 9.44. The molecule has 2 saturated heterocycles. The quantitative estimate of drug-likeness (QED) is 0.0783. The zero-order valence-corrected chi connectivity index (χ0v) is 31.3. The zero-order valence-electron chi connectivity index (χ0n) is 30.3. The normalized spacial score (nSPS) is 25.5. The molecule has 0 spiro atoms. The molecule has 0 unspecified atom stereocenters. The first-order chi connectivity index (χ1) is 25.8. The minimum atomic E-state index is -3.10. The topological polar surface area (TPSA) is 139 Å². The predicted molar refractivity (Wildman–Crippen MR) is 207 cm³/mol. The Hall–Kier alpha value is -5.20. The van der Waals surface area contributed by atoms with E-state index < -0.39 is 60.6 Å². The second-order valence-electron chi connectivity index (χ2n) is 15.7. The maximum absolute atomic E-state index is 14.5. The van der Waals surface area contributed by atoms with E-state index in [9.17, 15) is 29.9 Å². The first kappa shape index (κ1) is 35.8. The molecular formula is C43H42N2O8Si. The van der Waals surface area contributed by atoms with Crippen LogP contribution in [0.3, 0.4) is 0 Å². The first-order valence-corrected chi connectivity index (χ1v) is 20.2. The monoisotopic (exact) mass is 742 g/mol. The summed E-state index contributed by atoms with van der Waals surface area (Å²) < 4.78 is 14.1. The Morgan fingerprint density at radius 3 is 2.11 bits per heavy atom. The number of carbonyl (C=O) groups is 2. The number of hydrogen-bond donors (Lipinski definition) is 2. The van der Waals surface area contributed by atoms with Crippen LogP contribution in [0.5, 0.6) is 5.75 Å². The number of aliphatic hydroxyl groups is 1. The van der Waals surface area contributed by atoms with E-state index in [1.807, 2.05) is 60.7 Å². The number of phenols is 1. The average Bonchev–Trinajstić information content (AvgIpc) is 3.65. The van der Waals surface area contributed by atoms with Gasteiger partial charge in [0, 0.05) is 36.0 Å². The summed E-state index contributed by atoms with van der Waals surface area (Å²) >= 11 is 0. The number of ether oxygens (including phenoxy) is 1. The highest BCUT2D eigenvalue weighted by Crippen LogP contribution is 2.59. The van der Waals surface area contributed by atoms with Crippen molar-refractivity contribution >= 4 is 52.7 Å². The van der Waals surface area contributed by atoms with E-state index in [0.717, 1.165) is 26.2 Å². The van der Waals surface area contributed by atoms with Crippen molar-refractivity contribution in [2.45, 2.75) is 50.5 Å². The third-order valence-corrected chi connectivity index (χ3v) is 16.9. The average molecular weight is 743 g/mol. The second kappa shape index (κ2) is 13.3. The Bertz CT molecular complexity index is 2220. The van der Waals surface area contributed by atoms with Crippen molar-refractivity contribution < 1.29 is 33.9 Å². The highest BCUT2D eigenvalue weighted by Gasteiger charge is 2.67. The lowest BCUT2D eigenvalue weighted by Crippen LogP contribution is -2.67. The summed E-state index contributed by atoms with van der Waals surface area (Å²) in [5.41, 5.74) is 0.638. The van der Waals surface area contributed by atoms with E-state index in [0.29, 0.717) is 5.39 Å². The van der Waals surface area contributed by atoms with E-state index in [4.69, 9.17) is 9.16 Å². The molecule has 1 aliphatic carbocycles. The summed E-state index contributed by atoms with van der Waals surface area (Å²) in [4.78, 5) is 41.0. The van der Waals surface area contributed by atoms with Crippen LogP contribution in [0.4, 0.5) is 11.4 Å². The van der Waals surface area contributed by atoms with E-state index in [2.05, 4.69) is 45.0 Å². The molecular weight excluding hydrogens is 701 g/mol. The molecule has 276 valence electrons. The molecule has 2 N–H and O–H groups in total. The van der Waals surface area contributed by atoms with Gasteiger partial charge in [0.25, 0.3) is 14.0 Å². The lowest BCUT2D eigenvalue weighted by molar-refractivity contribution is -0.384. The van der Waals surface area contributed by atoms with Crippen molar-refractivity contribution in [3.8, 4) is 5.75 Å². The molecule has 0 radical (unpaired) electrons. The number of rotatable bonds is 8.